The third-order valence-electron chi connectivity index (χ3n) is 8.35. The first-order valence-corrected chi connectivity index (χ1v) is 11.9. The van der Waals surface area contributed by atoms with Crippen molar-refractivity contribution in [1.29, 1.82) is 0 Å². The largest absolute Gasteiger partial charge is 0.341 e. The quantitative estimate of drug-likeness (QED) is 0.701. The lowest BCUT2D eigenvalue weighted by molar-refractivity contribution is -0.147. The van der Waals surface area contributed by atoms with E-state index in [9.17, 15) is 14.4 Å². The zero-order valence-electron chi connectivity index (χ0n) is 18.4. The van der Waals surface area contributed by atoms with Crippen LogP contribution < -0.4 is 0 Å². The summed E-state index contributed by atoms with van der Waals surface area (Å²) in [6, 6.07) is 16.7. The average molecular weight is 429 g/mol. The van der Waals surface area contributed by atoms with E-state index in [2.05, 4.69) is 24.3 Å². The zero-order chi connectivity index (χ0) is 22.0. The number of hydrogen-bond donors (Lipinski definition) is 0. The van der Waals surface area contributed by atoms with Crippen LogP contribution in [0.25, 0.3) is 0 Å². The summed E-state index contributed by atoms with van der Waals surface area (Å²) >= 11 is 0. The molecular weight excluding hydrogens is 400 g/mol. The molecule has 0 unspecified atom stereocenters. The fourth-order valence-corrected chi connectivity index (χ4v) is 6.81. The number of carbonyl (C=O) groups excluding carboxylic acids is 3. The minimum absolute atomic E-state index is 0.120. The number of imide groups is 1. The number of hydrogen-bond acceptors (Lipinski definition) is 3. The van der Waals surface area contributed by atoms with Crippen LogP contribution in [0.2, 0.25) is 0 Å². The predicted molar refractivity (Wildman–Crippen MR) is 120 cm³/mol. The van der Waals surface area contributed by atoms with Crippen molar-refractivity contribution in [2.75, 3.05) is 13.6 Å². The molecule has 32 heavy (non-hydrogen) atoms. The number of likely N-dealkylation sites (N-methyl/N-ethyl adjacent to an activating group) is 1. The first kappa shape index (κ1) is 19.7. The molecule has 3 amide bonds. The topological polar surface area (TPSA) is 57.7 Å². The van der Waals surface area contributed by atoms with Crippen molar-refractivity contribution in [2.24, 2.45) is 11.8 Å². The average Bonchev–Trinajstić information content (AvgIpc) is 3.09. The third kappa shape index (κ3) is 2.66. The van der Waals surface area contributed by atoms with Crippen LogP contribution in [0.3, 0.4) is 0 Å². The van der Waals surface area contributed by atoms with Crippen molar-refractivity contribution in [3.63, 3.8) is 0 Å². The monoisotopic (exact) mass is 428 g/mol. The van der Waals surface area contributed by atoms with E-state index >= 15 is 0 Å². The number of benzene rings is 2. The normalized spacial score (nSPS) is 28.3. The lowest BCUT2D eigenvalue weighted by atomic mass is 9.55. The van der Waals surface area contributed by atoms with Gasteiger partial charge in [-0.15, -0.1) is 0 Å². The van der Waals surface area contributed by atoms with E-state index in [-0.39, 0.29) is 42.1 Å². The third-order valence-corrected chi connectivity index (χ3v) is 8.35. The Morgan fingerprint density at radius 1 is 0.812 bits per heavy atom. The Balaban J connectivity index is 1.34. The van der Waals surface area contributed by atoms with E-state index in [1.807, 2.05) is 31.3 Å². The van der Waals surface area contributed by atoms with Gasteiger partial charge in [-0.05, 0) is 35.1 Å². The van der Waals surface area contributed by atoms with Crippen LogP contribution in [0.5, 0.6) is 0 Å². The van der Waals surface area contributed by atoms with E-state index in [1.165, 1.54) is 11.3 Å². The summed E-state index contributed by atoms with van der Waals surface area (Å²) in [4.78, 5) is 43.4. The van der Waals surface area contributed by atoms with Crippen molar-refractivity contribution in [2.45, 2.75) is 50.0 Å². The summed E-state index contributed by atoms with van der Waals surface area (Å²) < 4.78 is 0. The molecule has 7 rings (SSSR count). The fourth-order valence-electron chi connectivity index (χ4n) is 6.81. The van der Waals surface area contributed by atoms with E-state index in [1.54, 1.807) is 4.90 Å². The van der Waals surface area contributed by atoms with Crippen LogP contribution in [0.4, 0.5) is 0 Å². The van der Waals surface area contributed by atoms with Crippen LogP contribution in [-0.4, -0.2) is 47.2 Å². The van der Waals surface area contributed by atoms with Crippen molar-refractivity contribution in [3.8, 4) is 0 Å². The molecule has 0 spiro atoms. The van der Waals surface area contributed by atoms with Crippen LogP contribution in [-0.2, 0) is 14.4 Å². The van der Waals surface area contributed by atoms with Gasteiger partial charge in [-0.25, -0.2) is 0 Å². The van der Waals surface area contributed by atoms with E-state index in [0.717, 1.165) is 47.9 Å². The predicted octanol–water partition coefficient (Wildman–Crippen LogP) is 3.67. The first-order valence-electron chi connectivity index (χ1n) is 11.9. The summed E-state index contributed by atoms with van der Waals surface area (Å²) in [6.07, 6.45) is 5.49. The van der Waals surface area contributed by atoms with Gasteiger partial charge >= 0.3 is 0 Å². The minimum Gasteiger partial charge on any atom is -0.341 e. The maximum Gasteiger partial charge on any atom is 0.242 e. The highest BCUT2D eigenvalue weighted by Crippen LogP contribution is 2.60. The van der Waals surface area contributed by atoms with Gasteiger partial charge in [0.1, 0.15) is 6.54 Å². The number of rotatable bonds is 3. The number of amides is 3. The van der Waals surface area contributed by atoms with Crippen LogP contribution in [0.1, 0.15) is 66.2 Å². The lowest BCUT2D eigenvalue weighted by Crippen LogP contribution is -2.46. The van der Waals surface area contributed by atoms with Crippen LogP contribution in [0.15, 0.2) is 48.5 Å². The first-order chi connectivity index (χ1) is 15.6. The molecule has 0 radical (unpaired) electrons. The smallest absolute Gasteiger partial charge is 0.242 e. The molecule has 2 fully saturated rings. The summed E-state index contributed by atoms with van der Waals surface area (Å²) in [6.45, 7) is -0.135. The summed E-state index contributed by atoms with van der Waals surface area (Å²) in [7, 11) is 1.83. The molecule has 1 saturated carbocycles. The van der Waals surface area contributed by atoms with Crippen LogP contribution in [0, 0.1) is 11.8 Å². The van der Waals surface area contributed by atoms with Gasteiger partial charge in [0, 0.05) is 24.9 Å². The Labute approximate surface area is 188 Å². The summed E-state index contributed by atoms with van der Waals surface area (Å²) in [5.41, 5.74) is 4.63. The van der Waals surface area contributed by atoms with Crippen LogP contribution >= 0.6 is 0 Å². The number of likely N-dealkylation sites (tertiary alicyclic amines) is 1. The SMILES string of the molecule is CN(C(=O)CN1C(=O)[C@@H]2C3c4ccccc4C(c4ccccc43)[C@@H]2C1=O)C1CCCCC1. The molecule has 4 aliphatic carbocycles. The number of nitrogens with zero attached hydrogens (tertiary/aromatic N) is 2. The maximum atomic E-state index is 13.6. The molecule has 0 N–H and O–H groups in total. The molecule has 5 nitrogen and oxygen atoms in total. The minimum atomic E-state index is -0.412. The number of carbonyl (C=O) groups is 3. The van der Waals surface area contributed by atoms with Crippen molar-refractivity contribution in [1.82, 2.24) is 9.80 Å². The summed E-state index contributed by atoms with van der Waals surface area (Å²) in [5, 5.41) is 0. The van der Waals surface area contributed by atoms with Crippen molar-refractivity contribution >= 4 is 17.7 Å². The second kappa shape index (κ2) is 7.29. The Morgan fingerprint density at radius 2 is 1.25 bits per heavy atom. The highest BCUT2D eigenvalue weighted by Gasteiger charge is 2.61. The Hall–Kier alpha value is -2.95. The van der Waals surface area contributed by atoms with Crippen molar-refractivity contribution < 1.29 is 14.4 Å². The molecule has 0 aromatic heterocycles. The molecule has 5 aliphatic rings. The molecule has 1 saturated heterocycles. The van der Waals surface area contributed by atoms with Gasteiger partial charge in [0.2, 0.25) is 17.7 Å². The van der Waals surface area contributed by atoms with Gasteiger partial charge in [0.25, 0.3) is 0 Å². The Morgan fingerprint density at radius 3 is 1.69 bits per heavy atom. The van der Waals surface area contributed by atoms with E-state index in [0.29, 0.717) is 0 Å². The lowest BCUT2D eigenvalue weighted by Gasteiger charge is -2.45. The summed E-state index contributed by atoms with van der Waals surface area (Å²) in [5.74, 6) is -1.54. The Kier molecular flexibility index (Phi) is 4.49. The molecule has 164 valence electrons. The van der Waals surface area contributed by atoms with Gasteiger partial charge in [-0.3, -0.25) is 19.3 Å². The van der Waals surface area contributed by atoms with E-state index in [4.69, 9.17) is 0 Å². The Bertz CT molecular complexity index is 1000. The highest BCUT2D eigenvalue weighted by atomic mass is 16.2. The second-order valence-electron chi connectivity index (χ2n) is 9.82. The van der Waals surface area contributed by atoms with Gasteiger partial charge in [0.05, 0.1) is 11.8 Å². The van der Waals surface area contributed by atoms with E-state index < -0.39 is 11.8 Å². The fraction of sp³-hybridized carbons (Fsp3) is 0.444. The molecule has 2 aromatic carbocycles. The van der Waals surface area contributed by atoms with Crippen molar-refractivity contribution in [3.05, 3.63) is 70.8 Å². The highest BCUT2D eigenvalue weighted by molar-refractivity contribution is 6.09. The molecule has 5 heteroatoms. The standard InChI is InChI=1S/C27H28N2O3/c1-28(16-9-3-2-4-10-16)21(30)15-29-26(31)24-22-17-11-5-6-12-18(17)23(25(24)27(29)32)20-14-8-7-13-19(20)22/h5-8,11-14,16,22-25H,2-4,9-10,15H2,1H3/t22?,23?,24-,25+. The zero-order valence-corrected chi connectivity index (χ0v) is 18.4. The van der Waals surface area contributed by atoms with Gasteiger partial charge in [-0.2, -0.15) is 0 Å². The van der Waals surface area contributed by atoms with Gasteiger partial charge in [-0.1, -0.05) is 67.8 Å². The molecule has 2 aromatic rings. The molecule has 2 atom stereocenters. The molecule has 1 heterocycles. The maximum absolute atomic E-state index is 13.6. The van der Waals surface area contributed by atoms with Gasteiger partial charge in [0.15, 0.2) is 0 Å². The second-order valence-corrected chi connectivity index (χ2v) is 9.82. The molecular formula is C27H28N2O3. The van der Waals surface area contributed by atoms with Gasteiger partial charge < -0.3 is 4.90 Å². The molecule has 2 bridgehead atoms. The molecule has 1 aliphatic heterocycles.